The van der Waals surface area contributed by atoms with Crippen LogP contribution in [0.4, 0.5) is 0 Å². The molecule has 136 valence electrons. The summed E-state index contributed by atoms with van der Waals surface area (Å²) in [5.74, 6) is 2.52. The topological polar surface area (TPSA) is 67.1 Å². The van der Waals surface area contributed by atoms with E-state index in [1.54, 1.807) is 0 Å². The highest BCUT2D eigenvalue weighted by molar-refractivity contribution is 9.10. The molecule has 1 aromatic carbocycles. The van der Waals surface area contributed by atoms with Gasteiger partial charge in [-0.2, -0.15) is 0 Å². The van der Waals surface area contributed by atoms with Crippen molar-refractivity contribution in [3.63, 3.8) is 0 Å². The lowest BCUT2D eigenvalue weighted by Crippen LogP contribution is -2.43. The van der Waals surface area contributed by atoms with E-state index in [9.17, 15) is 0 Å². The van der Waals surface area contributed by atoms with Gasteiger partial charge in [-0.1, -0.05) is 48.0 Å². The number of aryl methyl sites for hydroxylation is 1. The lowest BCUT2D eigenvalue weighted by Gasteiger charge is -2.27. The first-order valence-electron chi connectivity index (χ1n) is 8.47. The Morgan fingerprint density at radius 1 is 1.24 bits per heavy atom. The molecule has 7 heteroatoms. The molecule has 0 bridgehead atoms. The number of benzene rings is 1. The second kappa shape index (κ2) is 8.47. The largest absolute Gasteiger partial charge is 0.357 e. The molecule has 1 aromatic heterocycles. The molecule has 1 heterocycles. The first kappa shape index (κ1) is 19.4. The van der Waals surface area contributed by atoms with Gasteiger partial charge in [-0.15, -0.1) is 10.2 Å². The van der Waals surface area contributed by atoms with Crippen molar-refractivity contribution < 1.29 is 0 Å². The standard InChI is InChI=1S/C18H27BrN6/c1-6-20-17(21-11-16-24-23-13(2)25(16)5)22-12-18(3,4)14-9-7-8-10-15(14)19/h7-10H,6,11-12H2,1-5H3,(H2,20,21,22). The van der Waals surface area contributed by atoms with Crippen molar-refractivity contribution in [3.8, 4) is 0 Å². The maximum absolute atomic E-state index is 4.64. The molecule has 0 saturated heterocycles. The van der Waals surface area contributed by atoms with E-state index in [4.69, 9.17) is 0 Å². The van der Waals surface area contributed by atoms with Crippen LogP contribution in [0.3, 0.4) is 0 Å². The van der Waals surface area contributed by atoms with Gasteiger partial charge in [0, 0.05) is 30.0 Å². The summed E-state index contributed by atoms with van der Waals surface area (Å²) in [4.78, 5) is 4.64. The number of aliphatic imine (C=N–C) groups is 1. The highest BCUT2D eigenvalue weighted by Gasteiger charge is 2.23. The molecule has 0 atom stereocenters. The average molecular weight is 407 g/mol. The second-order valence-electron chi connectivity index (χ2n) is 6.63. The molecule has 2 aromatic rings. The van der Waals surface area contributed by atoms with Crippen LogP contribution in [0.15, 0.2) is 33.7 Å². The van der Waals surface area contributed by atoms with Crippen LogP contribution in [-0.2, 0) is 19.0 Å². The van der Waals surface area contributed by atoms with Crippen LogP contribution in [0.1, 0.15) is 38.0 Å². The molecular weight excluding hydrogens is 380 g/mol. The molecule has 6 nitrogen and oxygen atoms in total. The molecule has 25 heavy (non-hydrogen) atoms. The summed E-state index contributed by atoms with van der Waals surface area (Å²) in [6, 6.07) is 8.33. The summed E-state index contributed by atoms with van der Waals surface area (Å²) in [5, 5.41) is 15.0. The van der Waals surface area contributed by atoms with Gasteiger partial charge in [-0.3, -0.25) is 0 Å². The molecular formula is C18H27BrN6. The molecule has 0 spiro atoms. The summed E-state index contributed by atoms with van der Waals surface area (Å²) in [6.45, 7) is 10.5. The van der Waals surface area contributed by atoms with Crippen molar-refractivity contribution in [2.75, 3.05) is 13.1 Å². The van der Waals surface area contributed by atoms with Crippen molar-refractivity contribution in [3.05, 3.63) is 46.0 Å². The Morgan fingerprint density at radius 2 is 1.96 bits per heavy atom. The quantitative estimate of drug-likeness (QED) is 0.571. The van der Waals surface area contributed by atoms with E-state index in [0.717, 1.165) is 35.2 Å². The minimum atomic E-state index is -0.0440. The zero-order chi connectivity index (χ0) is 18.4. The van der Waals surface area contributed by atoms with Crippen molar-refractivity contribution >= 4 is 21.9 Å². The average Bonchev–Trinajstić information content (AvgIpc) is 2.89. The monoisotopic (exact) mass is 406 g/mol. The smallest absolute Gasteiger partial charge is 0.191 e. The Morgan fingerprint density at radius 3 is 2.56 bits per heavy atom. The summed E-state index contributed by atoms with van der Waals surface area (Å²) < 4.78 is 3.08. The number of guanidine groups is 1. The molecule has 0 saturated carbocycles. The fraction of sp³-hybridized carbons (Fsp3) is 0.500. The fourth-order valence-corrected chi connectivity index (χ4v) is 3.31. The van der Waals surface area contributed by atoms with E-state index in [1.165, 1.54) is 5.56 Å². The molecule has 0 fully saturated rings. The number of hydrogen-bond donors (Lipinski definition) is 2. The minimum absolute atomic E-state index is 0.0440. The minimum Gasteiger partial charge on any atom is -0.357 e. The highest BCUT2D eigenvalue weighted by Crippen LogP contribution is 2.29. The SMILES string of the molecule is CCNC(=NCc1nnc(C)n1C)NCC(C)(C)c1ccccc1Br. The molecule has 0 amide bonds. The van der Waals surface area contributed by atoms with Gasteiger partial charge in [0.25, 0.3) is 0 Å². The predicted octanol–water partition coefficient (Wildman–Crippen LogP) is 2.92. The lowest BCUT2D eigenvalue weighted by atomic mass is 9.84. The van der Waals surface area contributed by atoms with Gasteiger partial charge < -0.3 is 15.2 Å². The van der Waals surface area contributed by atoms with E-state index in [0.29, 0.717) is 6.54 Å². The summed E-state index contributed by atoms with van der Waals surface area (Å²) in [6.07, 6.45) is 0. The van der Waals surface area contributed by atoms with Crippen LogP contribution in [-0.4, -0.2) is 33.8 Å². The molecule has 0 aliphatic carbocycles. The van der Waals surface area contributed by atoms with E-state index >= 15 is 0 Å². The third kappa shape index (κ3) is 5.04. The van der Waals surface area contributed by atoms with E-state index in [-0.39, 0.29) is 5.41 Å². The fourth-order valence-electron chi connectivity index (χ4n) is 2.49. The van der Waals surface area contributed by atoms with Gasteiger partial charge in [0.15, 0.2) is 11.8 Å². The van der Waals surface area contributed by atoms with Crippen LogP contribution in [0.25, 0.3) is 0 Å². The summed E-state index contributed by atoms with van der Waals surface area (Å²) in [5.41, 5.74) is 1.22. The number of nitrogens with zero attached hydrogens (tertiary/aromatic N) is 4. The Bertz CT molecular complexity index is 735. The molecule has 0 unspecified atom stereocenters. The third-order valence-corrected chi connectivity index (χ3v) is 4.90. The van der Waals surface area contributed by atoms with Crippen LogP contribution in [0, 0.1) is 6.92 Å². The van der Waals surface area contributed by atoms with Gasteiger partial charge in [0.05, 0.1) is 0 Å². The Labute approximate surface area is 158 Å². The Hall–Kier alpha value is -1.89. The molecule has 2 N–H and O–H groups in total. The summed E-state index contributed by atoms with van der Waals surface area (Å²) >= 11 is 3.65. The number of hydrogen-bond acceptors (Lipinski definition) is 3. The van der Waals surface area contributed by atoms with Crippen molar-refractivity contribution in [1.82, 2.24) is 25.4 Å². The van der Waals surface area contributed by atoms with Crippen LogP contribution in [0.5, 0.6) is 0 Å². The van der Waals surface area contributed by atoms with Crippen molar-refractivity contribution in [2.45, 2.75) is 39.7 Å². The van der Waals surface area contributed by atoms with Crippen LogP contribution in [0.2, 0.25) is 0 Å². The van der Waals surface area contributed by atoms with Gasteiger partial charge in [-0.05, 0) is 25.5 Å². The van der Waals surface area contributed by atoms with Crippen LogP contribution >= 0.6 is 15.9 Å². The molecule has 0 aliphatic rings. The van der Waals surface area contributed by atoms with Gasteiger partial charge in [0.1, 0.15) is 12.4 Å². The number of rotatable bonds is 6. The second-order valence-corrected chi connectivity index (χ2v) is 7.49. The lowest BCUT2D eigenvalue weighted by molar-refractivity contribution is 0.506. The van der Waals surface area contributed by atoms with E-state index < -0.39 is 0 Å². The summed E-state index contributed by atoms with van der Waals surface area (Å²) in [7, 11) is 1.95. The van der Waals surface area contributed by atoms with Gasteiger partial charge in [0.2, 0.25) is 0 Å². The normalized spacial score (nSPS) is 12.3. The van der Waals surface area contributed by atoms with Gasteiger partial charge in [-0.25, -0.2) is 4.99 Å². The van der Waals surface area contributed by atoms with Crippen molar-refractivity contribution in [2.24, 2.45) is 12.0 Å². The highest BCUT2D eigenvalue weighted by atomic mass is 79.9. The van der Waals surface area contributed by atoms with Gasteiger partial charge >= 0.3 is 0 Å². The Kier molecular flexibility index (Phi) is 6.58. The molecule has 0 aliphatic heterocycles. The number of halogens is 1. The predicted molar refractivity (Wildman–Crippen MR) is 106 cm³/mol. The first-order valence-corrected chi connectivity index (χ1v) is 9.26. The maximum atomic E-state index is 4.64. The third-order valence-electron chi connectivity index (χ3n) is 4.21. The maximum Gasteiger partial charge on any atom is 0.191 e. The molecule has 2 rings (SSSR count). The number of nitrogens with one attached hydrogen (secondary N) is 2. The van der Waals surface area contributed by atoms with E-state index in [1.807, 2.05) is 24.6 Å². The van der Waals surface area contributed by atoms with Crippen molar-refractivity contribution in [1.29, 1.82) is 0 Å². The number of aromatic nitrogens is 3. The van der Waals surface area contributed by atoms with Crippen LogP contribution < -0.4 is 10.6 Å². The first-order chi connectivity index (χ1) is 11.8. The molecule has 0 radical (unpaired) electrons. The Balaban J connectivity index is 2.07. The van der Waals surface area contributed by atoms with E-state index in [2.05, 4.69) is 80.7 Å². The zero-order valence-corrected chi connectivity index (χ0v) is 17.2. The zero-order valence-electron chi connectivity index (χ0n) is 15.6.